The Hall–Kier alpha value is -1.68. The van der Waals surface area contributed by atoms with Crippen LogP contribution in [0.3, 0.4) is 0 Å². The van der Waals surface area contributed by atoms with Crippen LogP contribution < -0.4 is 0 Å². The third kappa shape index (κ3) is 3.90. The van der Waals surface area contributed by atoms with Gasteiger partial charge in [0, 0.05) is 38.7 Å². The number of rotatable bonds is 3. The molecule has 0 aliphatic carbocycles. The molecule has 0 spiro atoms. The molecule has 20 heavy (non-hydrogen) atoms. The average molecular weight is 274 g/mol. The fraction of sp³-hybridized carbons (Fsp3) is 0.500. The Labute approximate surface area is 120 Å². The molecule has 2 rings (SSSR count). The maximum atomic E-state index is 12.3. The van der Waals surface area contributed by atoms with Crippen LogP contribution in [0.2, 0.25) is 0 Å². The number of Topliss-reactive ketones (excluding diaryl/α,β-unsaturated/α-hetero) is 1. The van der Waals surface area contributed by atoms with E-state index in [4.69, 9.17) is 0 Å². The summed E-state index contributed by atoms with van der Waals surface area (Å²) >= 11 is 0. The zero-order valence-electron chi connectivity index (χ0n) is 12.3. The number of hydrogen-bond acceptors (Lipinski definition) is 3. The molecule has 0 radical (unpaired) electrons. The van der Waals surface area contributed by atoms with Gasteiger partial charge in [0.25, 0.3) is 0 Å². The fourth-order valence-electron chi connectivity index (χ4n) is 2.56. The van der Waals surface area contributed by atoms with Crippen LogP contribution in [-0.4, -0.2) is 54.2 Å². The maximum Gasteiger partial charge on any atom is 0.219 e. The van der Waals surface area contributed by atoms with Gasteiger partial charge in [-0.1, -0.05) is 23.8 Å². The van der Waals surface area contributed by atoms with Crippen LogP contribution in [0.1, 0.15) is 29.3 Å². The molecule has 1 amide bonds. The fourth-order valence-corrected chi connectivity index (χ4v) is 2.56. The minimum absolute atomic E-state index is 0.122. The van der Waals surface area contributed by atoms with Crippen molar-refractivity contribution >= 4 is 11.7 Å². The van der Waals surface area contributed by atoms with Crippen molar-refractivity contribution in [2.24, 2.45) is 0 Å². The molecule has 1 aromatic rings. The van der Waals surface area contributed by atoms with E-state index >= 15 is 0 Å². The summed E-state index contributed by atoms with van der Waals surface area (Å²) in [4.78, 5) is 27.7. The van der Waals surface area contributed by atoms with Crippen molar-refractivity contribution in [2.45, 2.75) is 20.3 Å². The lowest BCUT2D eigenvalue weighted by Gasteiger charge is -2.20. The summed E-state index contributed by atoms with van der Waals surface area (Å²) in [6.45, 7) is 7.20. The predicted octanol–water partition coefficient (Wildman–Crippen LogP) is 1.73. The number of carbonyl (C=O) groups excluding carboxylic acids is 2. The van der Waals surface area contributed by atoms with Gasteiger partial charge in [0.2, 0.25) is 5.91 Å². The molecule has 1 saturated heterocycles. The van der Waals surface area contributed by atoms with Crippen LogP contribution in [-0.2, 0) is 4.79 Å². The molecule has 1 fully saturated rings. The molecule has 0 unspecified atom stereocenters. The highest BCUT2D eigenvalue weighted by Gasteiger charge is 2.18. The summed E-state index contributed by atoms with van der Waals surface area (Å²) in [6.07, 6.45) is 0.931. The summed E-state index contributed by atoms with van der Waals surface area (Å²) in [7, 11) is 0. The molecule has 1 heterocycles. The average Bonchev–Trinajstić information content (AvgIpc) is 2.64. The normalized spacial score (nSPS) is 16.8. The van der Waals surface area contributed by atoms with E-state index in [1.165, 1.54) is 0 Å². The molecule has 4 nitrogen and oxygen atoms in total. The second-order valence-electron chi connectivity index (χ2n) is 5.43. The SMILES string of the molecule is CC(=O)N1CCCN(CC(=O)c2cccc(C)c2)CC1. The summed E-state index contributed by atoms with van der Waals surface area (Å²) in [5.74, 6) is 0.279. The van der Waals surface area contributed by atoms with E-state index in [0.717, 1.165) is 43.7 Å². The lowest BCUT2D eigenvalue weighted by molar-refractivity contribution is -0.128. The largest absolute Gasteiger partial charge is 0.342 e. The van der Waals surface area contributed by atoms with E-state index in [9.17, 15) is 9.59 Å². The van der Waals surface area contributed by atoms with E-state index in [1.54, 1.807) is 6.92 Å². The van der Waals surface area contributed by atoms with Crippen LogP contribution in [0.4, 0.5) is 0 Å². The third-order valence-electron chi connectivity index (χ3n) is 3.74. The number of ketones is 1. The van der Waals surface area contributed by atoms with Crippen molar-refractivity contribution in [1.82, 2.24) is 9.80 Å². The molecular formula is C16H22N2O2. The second-order valence-corrected chi connectivity index (χ2v) is 5.43. The van der Waals surface area contributed by atoms with Gasteiger partial charge in [-0.05, 0) is 19.4 Å². The molecule has 0 N–H and O–H groups in total. The van der Waals surface area contributed by atoms with Crippen molar-refractivity contribution in [2.75, 3.05) is 32.7 Å². The van der Waals surface area contributed by atoms with Crippen LogP contribution in [0.15, 0.2) is 24.3 Å². The molecule has 0 bridgehead atoms. The van der Waals surface area contributed by atoms with Crippen molar-refractivity contribution in [3.63, 3.8) is 0 Å². The quantitative estimate of drug-likeness (QED) is 0.788. The first-order valence-electron chi connectivity index (χ1n) is 7.14. The van der Waals surface area contributed by atoms with Gasteiger partial charge in [-0.3, -0.25) is 14.5 Å². The summed E-state index contributed by atoms with van der Waals surface area (Å²) in [5.41, 5.74) is 1.88. The van der Waals surface area contributed by atoms with Crippen molar-refractivity contribution in [3.8, 4) is 0 Å². The topological polar surface area (TPSA) is 40.6 Å². The molecule has 0 atom stereocenters. The summed E-state index contributed by atoms with van der Waals surface area (Å²) in [5, 5.41) is 0. The van der Waals surface area contributed by atoms with Crippen LogP contribution in [0.25, 0.3) is 0 Å². The lowest BCUT2D eigenvalue weighted by Crippen LogP contribution is -2.35. The Morgan fingerprint density at radius 2 is 1.95 bits per heavy atom. The van der Waals surface area contributed by atoms with E-state index in [0.29, 0.717) is 6.54 Å². The number of carbonyl (C=O) groups is 2. The Balaban J connectivity index is 1.93. The highest BCUT2D eigenvalue weighted by Crippen LogP contribution is 2.08. The van der Waals surface area contributed by atoms with Gasteiger partial charge in [0.15, 0.2) is 5.78 Å². The van der Waals surface area contributed by atoms with Gasteiger partial charge in [-0.15, -0.1) is 0 Å². The van der Waals surface area contributed by atoms with Crippen LogP contribution in [0.5, 0.6) is 0 Å². The number of aryl methyl sites for hydroxylation is 1. The Morgan fingerprint density at radius 3 is 2.65 bits per heavy atom. The van der Waals surface area contributed by atoms with E-state index < -0.39 is 0 Å². The number of amides is 1. The standard InChI is InChI=1S/C16H22N2O2/c1-13-5-3-6-15(11-13)16(20)12-17-7-4-8-18(10-9-17)14(2)19/h3,5-6,11H,4,7-10,12H2,1-2H3. The van der Waals surface area contributed by atoms with E-state index in [2.05, 4.69) is 4.90 Å². The molecular weight excluding hydrogens is 252 g/mol. The first kappa shape index (κ1) is 14.7. The van der Waals surface area contributed by atoms with Gasteiger partial charge >= 0.3 is 0 Å². The molecule has 108 valence electrons. The molecule has 0 saturated carbocycles. The molecule has 1 aromatic carbocycles. The summed E-state index contributed by atoms with van der Waals surface area (Å²) < 4.78 is 0. The highest BCUT2D eigenvalue weighted by atomic mass is 16.2. The molecule has 0 aromatic heterocycles. The molecule has 4 heteroatoms. The van der Waals surface area contributed by atoms with Gasteiger partial charge in [-0.2, -0.15) is 0 Å². The first-order valence-corrected chi connectivity index (χ1v) is 7.14. The smallest absolute Gasteiger partial charge is 0.219 e. The van der Waals surface area contributed by atoms with E-state index in [1.807, 2.05) is 36.1 Å². The van der Waals surface area contributed by atoms with Gasteiger partial charge in [0.05, 0.1) is 6.54 Å². The number of benzene rings is 1. The van der Waals surface area contributed by atoms with Gasteiger partial charge < -0.3 is 4.90 Å². The van der Waals surface area contributed by atoms with E-state index in [-0.39, 0.29) is 11.7 Å². The Morgan fingerprint density at radius 1 is 1.15 bits per heavy atom. The third-order valence-corrected chi connectivity index (χ3v) is 3.74. The highest BCUT2D eigenvalue weighted by molar-refractivity contribution is 5.97. The minimum atomic E-state index is 0.122. The number of nitrogens with zero attached hydrogens (tertiary/aromatic N) is 2. The van der Waals surface area contributed by atoms with Gasteiger partial charge in [-0.25, -0.2) is 0 Å². The van der Waals surface area contributed by atoms with Crippen molar-refractivity contribution in [1.29, 1.82) is 0 Å². The van der Waals surface area contributed by atoms with Crippen molar-refractivity contribution < 1.29 is 9.59 Å². The summed E-state index contributed by atoms with van der Waals surface area (Å²) in [6, 6.07) is 7.72. The second kappa shape index (κ2) is 6.66. The molecule has 1 aliphatic heterocycles. The zero-order chi connectivity index (χ0) is 14.5. The Bertz CT molecular complexity index is 499. The van der Waals surface area contributed by atoms with Crippen LogP contribution in [0, 0.1) is 6.92 Å². The maximum absolute atomic E-state index is 12.3. The first-order chi connectivity index (χ1) is 9.56. The lowest BCUT2D eigenvalue weighted by atomic mass is 10.1. The predicted molar refractivity (Wildman–Crippen MR) is 78.8 cm³/mol. The van der Waals surface area contributed by atoms with Gasteiger partial charge in [0.1, 0.15) is 0 Å². The molecule has 1 aliphatic rings. The van der Waals surface area contributed by atoms with Crippen molar-refractivity contribution in [3.05, 3.63) is 35.4 Å². The zero-order valence-corrected chi connectivity index (χ0v) is 12.3. The minimum Gasteiger partial charge on any atom is -0.342 e. The number of hydrogen-bond donors (Lipinski definition) is 0. The monoisotopic (exact) mass is 274 g/mol. The Kier molecular flexibility index (Phi) is 4.90. The van der Waals surface area contributed by atoms with Crippen LogP contribution >= 0.6 is 0 Å².